The molecule has 0 bridgehead atoms. The molecule has 0 saturated heterocycles. The van der Waals surface area contributed by atoms with Crippen molar-refractivity contribution in [3.05, 3.63) is 0 Å². The number of rotatable bonds is 8. The second kappa shape index (κ2) is 8.65. The van der Waals surface area contributed by atoms with E-state index >= 15 is 0 Å². The minimum atomic E-state index is -0.140. The molecule has 0 spiro atoms. The molecule has 0 aromatic heterocycles. The molecular weight excluding hydrogens is 208 g/mol. The van der Waals surface area contributed by atoms with Gasteiger partial charge in [0.15, 0.2) is 0 Å². The van der Waals surface area contributed by atoms with Gasteiger partial charge in [0.1, 0.15) is 0 Å². The highest BCUT2D eigenvalue weighted by Crippen LogP contribution is 2.02. The van der Waals surface area contributed by atoms with Gasteiger partial charge in [0, 0.05) is 6.42 Å². The standard InChI is InChI=1S/C11H22N2OS/c1-3-5-6-7-8-10(14)13-9(4-2)11(12)15/h9H,3-8H2,1-2H3,(H2,12,15)(H,13,14). The molecule has 0 saturated carbocycles. The lowest BCUT2D eigenvalue weighted by molar-refractivity contribution is -0.121. The van der Waals surface area contributed by atoms with Gasteiger partial charge in [-0.2, -0.15) is 0 Å². The molecule has 0 aliphatic heterocycles. The molecule has 3 N–H and O–H groups in total. The van der Waals surface area contributed by atoms with Crippen LogP contribution in [0.5, 0.6) is 0 Å². The van der Waals surface area contributed by atoms with Crippen molar-refractivity contribution in [1.82, 2.24) is 5.32 Å². The molecule has 0 heterocycles. The zero-order chi connectivity index (χ0) is 11.7. The molecule has 0 rings (SSSR count). The Kier molecular flexibility index (Phi) is 8.28. The van der Waals surface area contributed by atoms with Crippen LogP contribution >= 0.6 is 12.2 Å². The Hall–Kier alpha value is -0.640. The number of hydrogen-bond donors (Lipinski definition) is 2. The second-order valence-electron chi connectivity index (χ2n) is 3.74. The number of amides is 1. The van der Waals surface area contributed by atoms with Crippen LogP contribution in [0.4, 0.5) is 0 Å². The molecule has 4 heteroatoms. The van der Waals surface area contributed by atoms with Crippen LogP contribution in [-0.2, 0) is 4.79 Å². The van der Waals surface area contributed by atoms with Gasteiger partial charge in [0.05, 0.1) is 11.0 Å². The number of hydrogen-bond acceptors (Lipinski definition) is 2. The smallest absolute Gasteiger partial charge is 0.220 e. The van der Waals surface area contributed by atoms with Crippen LogP contribution in [0.2, 0.25) is 0 Å². The third-order valence-corrected chi connectivity index (χ3v) is 2.63. The minimum Gasteiger partial charge on any atom is -0.392 e. The molecule has 15 heavy (non-hydrogen) atoms. The molecule has 0 aliphatic carbocycles. The fourth-order valence-corrected chi connectivity index (χ4v) is 1.58. The molecule has 1 amide bonds. The highest BCUT2D eigenvalue weighted by atomic mass is 32.1. The normalized spacial score (nSPS) is 12.1. The summed E-state index contributed by atoms with van der Waals surface area (Å²) < 4.78 is 0. The molecule has 0 aromatic rings. The first kappa shape index (κ1) is 14.4. The number of nitrogens with one attached hydrogen (secondary N) is 1. The van der Waals surface area contributed by atoms with Crippen molar-refractivity contribution in [3.63, 3.8) is 0 Å². The average Bonchev–Trinajstić information content (AvgIpc) is 2.20. The van der Waals surface area contributed by atoms with Gasteiger partial charge in [0.2, 0.25) is 5.91 Å². The molecule has 1 unspecified atom stereocenters. The van der Waals surface area contributed by atoms with E-state index < -0.39 is 0 Å². The summed E-state index contributed by atoms with van der Waals surface area (Å²) in [7, 11) is 0. The average molecular weight is 230 g/mol. The van der Waals surface area contributed by atoms with E-state index in [9.17, 15) is 4.79 Å². The van der Waals surface area contributed by atoms with E-state index in [-0.39, 0.29) is 11.9 Å². The van der Waals surface area contributed by atoms with Crippen LogP contribution in [0.25, 0.3) is 0 Å². The number of thiocarbonyl (C=S) groups is 1. The van der Waals surface area contributed by atoms with Crippen LogP contribution in [0, 0.1) is 0 Å². The quantitative estimate of drug-likeness (QED) is 0.496. The lowest BCUT2D eigenvalue weighted by atomic mass is 10.1. The fourth-order valence-electron chi connectivity index (χ4n) is 1.35. The SMILES string of the molecule is CCCCCCC(=O)NC(CC)C(N)=S. The van der Waals surface area contributed by atoms with Crippen LogP contribution in [0.1, 0.15) is 52.4 Å². The van der Waals surface area contributed by atoms with Gasteiger partial charge in [-0.15, -0.1) is 0 Å². The van der Waals surface area contributed by atoms with E-state index in [0.29, 0.717) is 11.4 Å². The van der Waals surface area contributed by atoms with Crippen molar-refractivity contribution < 1.29 is 4.79 Å². The maximum absolute atomic E-state index is 11.5. The first-order valence-corrected chi connectivity index (χ1v) is 6.11. The topological polar surface area (TPSA) is 55.1 Å². The van der Waals surface area contributed by atoms with Gasteiger partial charge < -0.3 is 11.1 Å². The van der Waals surface area contributed by atoms with Crippen molar-refractivity contribution in [2.75, 3.05) is 0 Å². The number of nitrogens with two attached hydrogens (primary N) is 1. The predicted molar refractivity (Wildman–Crippen MR) is 67.8 cm³/mol. The molecule has 88 valence electrons. The predicted octanol–water partition coefficient (Wildman–Crippen LogP) is 2.14. The summed E-state index contributed by atoms with van der Waals surface area (Å²) in [6.45, 7) is 4.11. The summed E-state index contributed by atoms with van der Waals surface area (Å²) in [5.74, 6) is 0.0609. The zero-order valence-corrected chi connectivity index (χ0v) is 10.5. The number of carbonyl (C=O) groups excluding carboxylic acids is 1. The van der Waals surface area contributed by atoms with Gasteiger partial charge in [-0.05, 0) is 12.8 Å². The fraction of sp³-hybridized carbons (Fsp3) is 0.818. The lowest BCUT2D eigenvalue weighted by Gasteiger charge is -2.15. The molecule has 0 aromatic carbocycles. The largest absolute Gasteiger partial charge is 0.392 e. The highest BCUT2D eigenvalue weighted by Gasteiger charge is 2.11. The van der Waals surface area contributed by atoms with E-state index in [4.69, 9.17) is 18.0 Å². The molecule has 0 radical (unpaired) electrons. The van der Waals surface area contributed by atoms with Crippen molar-refractivity contribution in [2.45, 2.75) is 58.4 Å². The summed E-state index contributed by atoms with van der Waals surface area (Å²) in [4.78, 5) is 11.8. The maximum atomic E-state index is 11.5. The monoisotopic (exact) mass is 230 g/mol. The summed E-state index contributed by atoms with van der Waals surface area (Å²) in [5, 5.41) is 2.84. The van der Waals surface area contributed by atoms with E-state index in [2.05, 4.69) is 12.2 Å². The van der Waals surface area contributed by atoms with Crippen molar-refractivity contribution in [2.24, 2.45) is 5.73 Å². The Morgan fingerprint density at radius 2 is 2.00 bits per heavy atom. The number of carbonyl (C=O) groups is 1. The van der Waals surface area contributed by atoms with Crippen molar-refractivity contribution in [1.29, 1.82) is 0 Å². The van der Waals surface area contributed by atoms with Crippen LogP contribution in [-0.4, -0.2) is 16.9 Å². The summed E-state index contributed by atoms with van der Waals surface area (Å²) in [6, 6.07) is -0.140. The summed E-state index contributed by atoms with van der Waals surface area (Å²) in [6.07, 6.45) is 5.79. The second-order valence-corrected chi connectivity index (χ2v) is 4.21. The molecular formula is C11H22N2OS. The Balaban J connectivity index is 3.67. The van der Waals surface area contributed by atoms with Crippen molar-refractivity contribution in [3.8, 4) is 0 Å². The molecule has 0 fully saturated rings. The van der Waals surface area contributed by atoms with Crippen LogP contribution in [0.15, 0.2) is 0 Å². The van der Waals surface area contributed by atoms with Crippen molar-refractivity contribution >= 4 is 23.1 Å². The molecule has 3 nitrogen and oxygen atoms in total. The summed E-state index contributed by atoms with van der Waals surface area (Å²) >= 11 is 4.85. The Labute approximate surface area is 97.8 Å². The first-order chi connectivity index (χ1) is 7.11. The molecule has 0 aliphatic rings. The summed E-state index contributed by atoms with van der Waals surface area (Å²) in [5.41, 5.74) is 5.49. The first-order valence-electron chi connectivity index (χ1n) is 5.70. The zero-order valence-electron chi connectivity index (χ0n) is 9.71. The Morgan fingerprint density at radius 3 is 2.47 bits per heavy atom. The van der Waals surface area contributed by atoms with Gasteiger partial charge in [-0.1, -0.05) is 45.3 Å². The van der Waals surface area contributed by atoms with E-state index in [1.165, 1.54) is 12.8 Å². The third-order valence-electron chi connectivity index (χ3n) is 2.34. The van der Waals surface area contributed by atoms with Crippen LogP contribution in [0.3, 0.4) is 0 Å². The van der Waals surface area contributed by atoms with Gasteiger partial charge in [0.25, 0.3) is 0 Å². The minimum absolute atomic E-state index is 0.0609. The lowest BCUT2D eigenvalue weighted by Crippen LogP contribution is -2.42. The third kappa shape index (κ3) is 7.31. The van der Waals surface area contributed by atoms with E-state index in [1.54, 1.807) is 0 Å². The van der Waals surface area contributed by atoms with E-state index in [1.807, 2.05) is 6.92 Å². The Morgan fingerprint density at radius 1 is 1.33 bits per heavy atom. The Bertz CT molecular complexity index is 207. The molecule has 1 atom stereocenters. The van der Waals surface area contributed by atoms with Gasteiger partial charge in [-0.25, -0.2) is 0 Å². The number of unbranched alkanes of at least 4 members (excludes halogenated alkanes) is 3. The van der Waals surface area contributed by atoms with Crippen LogP contribution < -0.4 is 11.1 Å². The van der Waals surface area contributed by atoms with Gasteiger partial charge in [-0.3, -0.25) is 4.79 Å². The highest BCUT2D eigenvalue weighted by molar-refractivity contribution is 7.80. The van der Waals surface area contributed by atoms with Gasteiger partial charge >= 0.3 is 0 Å². The maximum Gasteiger partial charge on any atom is 0.220 e. The van der Waals surface area contributed by atoms with E-state index in [0.717, 1.165) is 19.3 Å².